The number of sulfonamides is 1. The molecule has 1 aliphatic rings. The summed E-state index contributed by atoms with van der Waals surface area (Å²) in [5.74, 6) is 1.39. The molecule has 1 aliphatic carbocycles. The molecule has 3 aromatic rings. The molecule has 1 N–H and O–H groups in total. The van der Waals surface area contributed by atoms with Gasteiger partial charge in [0.15, 0.2) is 0 Å². The van der Waals surface area contributed by atoms with Crippen LogP contribution in [0.15, 0.2) is 45.0 Å². The number of rotatable bonds is 5. The normalized spacial score (nSPS) is 14.7. The summed E-state index contributed by atoms with van der Waals surface area (Å²) in [6.07, 6.45) is 2.15. The lowest BCUT2D eigenvalue weighted by atomic mass is 10.2. The van der Waals surface area contributed by atoms with Crippen molar-refractivity contribution in [2.75, 3.05) is 4.72 Å². The maximum Gasteiger partial charge on any atom is 0.271 e. The van der Waals surface area contributed by atoms with Crippen LogP contribution in [0.5, 0.6) is 0 Å². The predicted octanol–water partition coefficient (Wildman–Crippen LogP) is 3.78. The summed E-state index contributed by atoms with van der Waals surface area (Å²) in [6, 6.07) is 10.5. The molecular formula is C16H15N3O3S2. The molecule has 0 spiro atoms. The quantitative estimate of drug-likeness (QED) is 0.747. The summed E-state index contributed by atoms with van der Waals surface area (Å²) in [4.78, 5) is 0.652. The molecule has 0 amide bonds. The number of nitrogens with one attached hydrogen (secondary N) is 1. The molecule has 124 valence electrons. The van der Waals surface area contributed by atoms with Crippen molar-refractivity contribution in [2.45, 2.75) is 29.9 Å². The fourth-order valence-electron chi connectivity index (χ4n) is 2.29. The molecule has 24 heavy (non-hydrogen) atoms. The van der Waals surface area contributed by atoms with Gasteiger partial charge in [-0.2, -0.15) is 0 Å². The maximum atomic E-state index is 12.6. The van der Waals surface area contributed by atoms with E-state index >= 15 is 0 Å². The van der Waals surface area contributed by atoms with Gasteiger partial charge in [-0.05, 0) is 43.5 Å². The number of aromatic nitrogens is 2. The number of hydrogen-bond acceptors (Lipinski definition) is 6. The van der Waals surface area contributed by atoms with Crippen LogP contribution in [0.1, 0.15) is 30.2 Å². The molecule has 0 unspecified atom stereocenters. The first-order valence-electron chi connectivity index (χ1n) is 7.55. The van der Waals surface area contributed by atoms with Gasteiger partial charge in [0.2, 0.25) is 5.89 Å². The van der Waals surface area contributed by atoms with Crippen LogP contribution in [0, 0.1) is 6.92 Å². The van der Waals surface area contributed by atoms with Crippen LogP contribution in [0.25, 0.3) is 10.8 Å². The Labute approximate surface area is 143 Å². The maximum absolute atomic E-state index is 12.6. The minimum atomic E-state index is -3.64. The van der Waals surface area contributed by atoms with E-state index in [1.165, 1.54) is 0 Å². The van der Waals surface area contributed by atoms with Gasteiger partial charge in [-0.25, -0.2) is 8.42 Å². The zero-order valence-corrected chi connectivity index (χ0v) is 14.5. The number of anilines is 1. The van der Waals surface area contributed by atoms with Gasteiger partial charge in [-0.1, -0.05) is 18.2 Å². The Balaban J connectivity index is 1.59. The second kappa shape index (κ2) is 5.71. The van der Waals surface area contributed by atoms with Crippen LogP contribution < -0.4 is 4.72 Å². The number of thiophene rings is 1. The number of benzene rings is 1. The molecule has 1 aromatic carbocycles. The number of aryl methyl sites for hydroxylation is 1. The highest BCUT2D eigenvalue weighted by atomic mass is 32.2. The molecule has 0 aliphatic heterocycles. The second-order valence-corrected chi connectivity index (χ2v) is 8.75. The molecule has 2 aromatic heterocycles. The SMILES string of the molecule is Cc1ccccc1NS(=O)(=O)c1ccc(-c2nnc(C3CC3)o2)s1. The number of nitrogens with zero attached hydrogens (tertiary/aromatic N) is 2. The van der Waals surface area contributed by atoms with Crippen LogP contribution in [0.2, 0.25) is 0 Å². The van der Waals surface area contributed by atoms with E-state index in [-0.39, 0.29) is 4.21 Å². The van der Waals surface area contributed by atoms with Crippen molar-refractivity contribution in [3.63, 3.8) is 0 Å². The first kappa shape index (κ1) is 15.3. The fourth-order valence-corrected chi connectivity index (χ4v) is 4.65. The van der Waals surface area contributed by atoms with Gasteiger partial charge >= 0.3 is 0 Å². The minimum Gasteiger partial charge on any atom is -0.420 e. The zero-order chi connectivity index (χ0) is 16.7. The molecule has 2 heterocycles. The zero-order valence-electron chi connectivity index (χ0n) is 12.9. The van der Waals surface area contributed by atoms with Crippen LogP contribution >= 0.6 is 11.3 Å². The van der Waals surface area contributed by atoms with Crippen molar-refractivity contribution in [2.24, 2.45) is 0 Å². The summed E-state index contributed by atoms with van der Waals surface area (Å²) in [5, 5.41) is 8.05. The van der Waals surface area contributed by atoms with Crippen LogP contribution in [0.3, 0.4) is 0 Å². The predicted molar refractivity (Wildman–Crippen MR) is 91.6 cm³/mol. The molecule has 8 heteroatoms. The van der Waals surface area contributed by atoms with Crippen LogP contribution in [-0.2, 0) is 10.0 Å². The van der Waals surface area contributed by atoms with Gasteiger partial charge in [0.25, 0.3) is 15.9 Å². The van der Waals surface area contributed by atoms with E-state index in [4.69, 9.17) is 4.42 Å². The lowest BCUT2D eigenvalue weighted by molar-refractivity contribution is 0.509. The van der Waals surface area contributed by atoms with E-state index in [9.17, 15) is 8.42 Å². The van der Waals surface area contributed by atoms with Crippen molar-refractivity contribution >= 4 is 27.0 Å². The van der Waals surface area contributed by atoms with E-state index in [0.29, 0.717) is 28.3 Å². The summed E-state index contributed by atoms with van der Waals surface area (Å²) in [5.41, 5.74) is 1.44. The molecule has 6 nitrogen and oxygen atoms in total. The van der Waals surface area contributed by atoms with Gasteiger partial charge in [0, 0.05) is 5.92 Å². The Morgan fingerprint density at radius 2 is 1.96 bits per heavy atom. The molecule has 0 atom stereocenters. The summed E-state index contributed by atoms with van der Waals surface area (Å²) in [7, 11) is -3.64. The third-order valence-electron chi connectivity index (χ3n) is 3.81. The highest BCUT2D eigenvalue weighted by Crippen LogP contribution is 2.40. The molecule has 0 saturated heterocycles. The second-order valence-electron chi connectivity index (χ2n) is 5.76. The highest BCUT2D eigenvalue weighted by Gasteiger charge is 2.30. The topological polar surface area (TPSA) is 85.1 Å². The third kappa shape index (κ3) is 2.94. The van der Waals surface area contributed by atoms with E-state index < -0.39 is 10.0 Å². The Hall–Kier alpha value is -2.19. The molecule has 1 saturated carbocycles. The summed E-state index contributed by atoms with van der Waals surface area (Å²) < 4.78 is 33.6. The Morgan fingerprint density at radius 1 is 1.17 bits per heavy atom. The van der Waals surface area contributed by atoms with Crippen molar-refractivity contribution in [3.8, 4) is 10.8 Å². The third-order valence-corrected chi connectivity index (χ3v) is 6.74. The van der Waals surface area contributed by atoms with E-state index in [1.54, 1.807) is 24.3 Å². The average Bonchev–Trinajstić information content (AvgIpc) is 3.09. The van der Waals surface area contributed by atoms with E-state index in [2.05, 4.69) is 14.9 Å². The molecule has 4 rings (SSSR count). The monoisotopic (exact) mass is 361 g/mol. The van der Waals surface area contributed by atoms with Crippen molar-refractivity contribution in [3.05, 3.63) is 47.9 Å². The first-order chi connectivity index (χ1) is 11.5. The number of hydrogen-bond donors (Lipinski definition) is 1. The summed E-state index contributed by atoms with van der Waals surface area (Å²) >= 11 is 1.12. The highest BCUT2D eigenvalue weighted by molar-refractivity contribution is 7.94. The Bertz CT molecular complexity index is 987. The number of para-hydroxylation sites is 1. The van der Waals surface area contributed by atoms with Gasteiger partial charge in [-0.15, -0.1) is 21.5 Å². The largest absolute Gasteiger partial charge is 0.420 e. The molecule has 0 radical (unpaired) electrons. The minimum absolute atomic E-state index is 0.215. The Morgan fingerprint density at radius 3 is 2.71 bits per heavy atom. The van der Waals surface area contributed by atoms with Gasteiger partial charge in [0.05, 0.1) is 10.6 Å². The van der Waals surface area contributed by atoms with Gasteiger partial charge in [0.1, 0.15) is 4.21 Å². The van der Waals surface area contributed by atoms with E-state index in [1.807, 2.05) is 19.1 Å². The smallest absolute Gasteiger partial charge is 0.271 e. The fraction of sp³-hybridized carbons (Fsp3) is 0.250. The average molecular weight is 361 g/mol. The van der Waals surface area contributed by atoms with Gasteiger partial charge < -0.3 is 4.42 Å². The lowest BCUT2D eigenvalue weighted by Crippen LogP contribution is -2.12. The standard InChI is InChI=1S/C16H15N3O3S2/c1-10-4-2-3-5-12(10)19-24(20,21)14-9-8-13(23-14)16-18-17-15(22-16)11-6-7-11/h2-5,8-9,11,19H,6-7H2,1H3. The lowest BCUT2D eigenvalue weighted by Gasteiger charge is -2.08. The Kier molecular flexibility index (Phi) is 3.65. The molecule has 0 bridgehead atoms. The van der Waals surface area contributed by atoms with Crippen molar-refractivity contribution in [1.82, 2.24) is 10.2 Å². The summed E-state index contributed by atoms with van der Waals surface area (Å²) in [6.45, 7) is 1.86. The van der Waals surface area contributed by atoms with Gasteiger partial charge in [-0.3, -0.25) is 4.72 Å². The van der Waals surface area contributed by atoms with Crippen molar-refractivity contribution in [1.29, 1.82) is 0 Å². The van der Waals surface area contributed by atoms with Crippen LogP contribution in [-0.4, -0.2) is 18.6 Å². The molecule has 1 fully saturated rings. The van der Waals surface area contributed by atoms with E-state index in [0.717, 1.165) is 29.7 Å². The van der Waals surface area contributed by atoms with Crippen molar-refractivity contribution < 1.29 is 12.8 Å². The van der Waals surface area contributed by atoms with Crippen LogP contribution in [0.4, 0.5) is 5.69 Å². The molecular weight excluding hydrogens is 346 g/mol. The first-order valence-corrected chi connectivity index (χ1v) is 9.85.